The van der Waals surface area contributed by atoms with Crippen molar-refractivity contribution in [2.45, 2.75) is 0 Å². The third kappa shape index (κ3) is 4.31. The molecular weight excluding hydrogens is 398 g/mol. The van der Waals surface area contributed by atoms with Gasteiger partial charge in [0.1, 0.15) is 11.3 Å². The Hall–Kier alpha value is -3.98. The van der Waals surface area contributed by atoms with Crippen LogP contribution in [0.25, 0.3) is 11.0 Å². The zero-order valence-electron chi connectivity index (χ0n) is 16.5. The van der Waals surface area contributed by atoms with E-state index in [9.17, 15) is 4.79 Å². The zero-order valence-corrected chi connectivity index (χ0v) is 16.5. The molecule has 0 aliphatic carbocycles. The molecule has 1 aliphatic heterocycles. The standard InChI is InChI=1S/C22H19N5O4/c28-19-14-18(16-8-4-5-9-17(16)30-19)31-22-25-20(23-15-6-2-1-3-7-15)24-21(26-22)27-10-12-29-13-11-27/h1-9,14H,10-13H2,(H,23,24,25,26). The molecule has 0 amide bonds. The number of benzene rings is 2. The number of ether oxygens (including phenoxy) is 2. The predicted octanol–water partition coefficient (Wildman–Crippen LogP) is 3.35. The highest BCUT2D eigenvalue weighted by Crippen LogP contribution is 2.28. The molecule has 0 saturated carbocycles. The van der Waals surface area contributed by atoms with Gasteiger partial charge in [-0.1, -0.05) is 30.3 Å². The summed E-state index contributed by atoms with van der Waals surface area (Å²) in [5.74, 6) is 1.13. The Bertz CT molecular complexity index is 1260. The third-order valence-corrected chi connectivity index (χ3v) is 4.74. The van der Waals surface area contributed by atoms with Crippen LogP contribution in [0.15, 0.2) is 69.9 Å². The Morgan fingerprint density at radius 2 is 1.71 bits per heavy atom. The van der Waals surface area contributed by atoms with E-state index in [1.807, 2.05) is 41.3 Å². The van der Waals surface area contributed by atoms with Gasteiger partial charge in [-0.05, 0) is 24.3 Å². The van der Waals surface area contributed by atoms with Gasteiger partial charge in [-0.2, -0.15) is 15.0 Å². The summed E-state index contributed by atoms with van der Waals surface area (Å²) in [6, 6.07) is 18.1. The Balaban J connectivity index is 1.54. The van der Waals surface area contributed by atoms with Crippen molar-refractivity contribution in [3.05, 3.63) is 71.1 Å². The molecule has 0 unspecified atom stereocenters. The first-order valence-corrected chi connectivity index (χ1v) is 9.86. The van der Waals surface area contributed by atoms with Crippen LogP contribution < -0.4 is 20.6 Å². The minimum atomic E-state index is -0.515. The van der Waals surface area contributed by atoms with E-state index in [0.29, 0.717) is 54.9 Å². The summed E-state index contributed by atoms with van der Waals surface area (Å²) >= 11 is 0. The number of morpholine rings is 1. The van der Waals surface area contributed by atoms with Gasteiger partial charge in [-0.15, -0.1) is 0 Å². The van der Waals surface area contributed by atoms with E-state index in [1.54, 1.807) is 18.2 Å². The molecule has 1 fully saturated rings. The highest BCUT2D eigenvalue weighted by atomic mass is 16.5. The van der Waals surface area contributed by atoms with Crippen LogP contribution in [-0.4, -0.2) is 41.3 Å². The van der Waals surface area contributed by atoms with Gasteiger partial charge >= 0.3 is 11.6 Å². The highest BCUT2D eigenvalue weighted by Gasteiger charge is 2.18. The van der Waals surface area contributed by atoms with Gasteiger partial charge in [0.2, 0.25) is 11.9 Å². The molecule has 9 nitrogen and oxygen atoms in total. The maximum absolute atomic E-state index is 12.0. The molecule has 0 spiro atoms. The van der Waals surface area contributed by atoms with E-state index in [0.717, 1.165) is 5.69 Å². The first-order chi connectivity index (χ1) is 15.2. The molecule has 9 heteroatoms. The number of para-hydroxylation sites is 2. The number of aromatic nitrogens is 3. The predicted molar refractivity (Wildman–Crippen MR) is 115 cm³/mol. The molecule has 3 heterocycles. The fourth-order valence-corrected chi connectivity index (χ4v) is 3.27. The molecule has 2 aromatic heterocycles. The van der Waals surface area contributed by atoms with Crippen molar-refractivity contribution in [1.29, 1.82) is 0 Å². The van der Waals surface area contributed by atoms with Gasteiger partial charge in [0.05, 0.1) is 24.7 Å². The average Bonchev–Trinajstić information content (AvgIpc) is 2.80. The summed E-state index contributed by atoms with van der Waals surface area (Å²) in [6.45, 7) is 2.50. The molecule has 1 N–H and O–H groups in total. The Morgan fingerprint density at radius 3 is 2.55 bits per heavy atom. The first kappa shape index (κ1) is 19.0. The van der Waals surface area contributed by atoms with Crippen LogP contribution in [-0.2, 0) is 4.74 Å². The van der Waals surface area contributed by atoms with Crippen LogP contribution in [0.4, 0.5) is 17.6 Å². The van der Waals surface area contributed by atoms with Crippen LogP contribution in [0.1, 0.15) is 0 Å². The molecule has 156 valence electrons. The molecule has 0 radical (unpaired) electrons. The van der Waals surface area contributed by atoms with Crippen LogP contribution in [0, 0.1) is 0 Å². The quantitative estimate of drug-likeness (QED) is 0.490. The first-order valence-electron chi connectivity index (χ1n) is 9.86. The number of nitrogens with one attached hydrogen (secondary N) is 1. The van der Waals surface area contributed by atoms with Crippen molar-refractivity contribution in [3.63, 3.8) is 0 Å². The second kappa shape index (κ2) is 8.41. The normalized spacial score (nSPS) is 13.9. The summed E-state index contributed by atoms with van der Waals surface area (Å²) in [6.07, 6.45) is 0. The average molecular weight is 417 g/mol. The lowest BCUT2D eigenvalue weighted by Crippen LogP contribution is -2.37. The van der Waals surface area contributed by atoms with Crippen molar-refractivity contribution in [1.82, 2.24) is 15.0 Å². The van der Waals surface area contributed by atoms with Crippen molar-refractivity contribution < 1.29 is 13.9 Å². The molecule has 4 aromatic rings. The van der Waals surface area contributed by atoms with Gasteiger partial charge in [-0.3, -0.25) is 0 Å². The summed E-state index contributed by atoms with van der Waals surface area (Å²) < 4.78 is 16.6. The fourth-order valence-electron chi connectivity index (χ4n) is 3.27. The Kier molecular flexibility index (Phi) is 5.16. The number of rotatable bonds is 5. The molecule has 0 bridgehead atoms. The minimum absolute atomic E-state index is 0.0747. The maximum atomic E-state index is 12.0. The van der Waals surface area contributed by atoms with Gasteiger partial charge in [0.25, 0.3) is 0 Å². The second-order valence-electron chi connectivity index (χ2n) is 6.86. The molecule has 31 heavy (non-hydrogen) atoms. The molecule has 5 rings (SSSR count). The molecule has 1 saturated heterocycles. The fraction of sp³-hybridized carbons (Fsp3) is 0.182. The number of hydrogen-bond donors (Lipinski definition) is 1. The number of anilines is 3. The van der Waals surface area contributed by atoms with Gasteiger partial charge < -0.3 is 24.1 Å². The maximum Gasteiger partial charge on any atom is 0.339 e. The van der Waals surface area contributed by atoms with E-state index in [4.69, 9.17) is 13.9 Å². The smallest absolute Gasteiger partial charge is 0.339 e. The van der Waals surface area contributed by atoms with Crippen molar-refractivity contribution >= 4 is 28.6 Å². The topological polar surface area (TPSA) is 103 Å². The second-order valence-corrected chi connectivity index (χ2v) is 6.86. The molecular formula is C22H19N5O4. The monoisotopic (exact) mass is 417 g/mol. The van der Waals surface area contributed by atoms with Crippen molar-refractivity contribution in [3.8, 4) is 11.8 Å². The third-order valence-electron chi connectivity index (χ3n) is 4.74. The molecule has 2 aromatic carbocycles. The van der Waals surface area contributed by atoms with Gasteiger partial charge in [0, 0.05) is 18.8 Å². The summed E-state index contributed by atoms with van der Waals surface area (Å²) in [4.78, 5) is 27.4. The summed E-state index contributed by atoms with van der Waals surface area (Å²) in [7, 11) is 0. The van der Waals surface area contributed by atoms with E-state index >= 15 is 0 Å². The van der Waals surface area contributed by atoms with Gasteiger partial charge in [0.15, 0.2) is 0 Å². The van der Waals surface area contributed by atoms with Crippen LogP contribution in [0.3, 0.4) is 0 Å². The van der Waals surface area contributed by atoms with E-state index in [-0.39, 0.29) is 6.01 Å². The van der Waals surface area contributed by atoms with Crippen LogP contribution >= 0.6 is 0 Å². The Labute approximate surface area is 177 Å². The number of fused-ring (bicyclic) bond motifs is 1. The van der Waals surface area contributed by atoms with E-state index in [2.05, 4.69) is 20.3 Å². The van der Waals surface area contributed by atoms with Crippen LogP contribution in [0.2, 0.25) is 0 Å². The number of hydrogen-bond acceptors (Lipinski definition) is 9. The van der Waals surface area contributed by atoms with E-state index in [1.165, 1.54) is 6.07 Å². The lowest BCUT2D eigenvalue weighted by Gasteiger charge is -2.27. The van der Waals surface area contributed by atoms with E-state index < -0.39 is 5.63 Å². The summed E-state index contributed by atoms with van der Waals surface area (Å²) in [5, 5.41) is 3.82. The van der Waals surface area contributed by atoms with Crippen LogP contribution in [0.5, 0.6) is 11.8 Å². The largest absolute Gasteiger partial charge is 0.423 e. The lowest BCUT2D eigenvalue weighted by molar-refractivity contribution is 0.122. The Morgan fingerprint density at radius 1 is 0.935 bits per heavy atom. The molecule has 0 atom stereocenters. The van der Waals surface area contributed by atoms with Crippen molar-refractivity contribution in [2.75, 3.05) is 36.5 Å². The van der Waals surface area contributed by atoms with Gasteiger partial charge in [-0.25, -0.2) is 4.79 Å². The SMILES string of the molecule is O=c1cc(Oc2nc(Nc3ccccc3)nc(N3CCOCC3)n2)c2ccccc2o1. The lowest BCUT2D eigenvalue weighted by atomic mass is 10.2. The zero-order chi connectivity index (χ0) is 21.0. The van der Waals surface area contributed by atoms with Crippen molar-refractivity contribution in [2.24, 2.45) is 0 Å². The minimum Gasteiger partial charge on any atom is -0.423 e. The highest BCUT2D eigenvalue weighted by molar-refractivity contribution is 5.83. The summed E-state index contributed by atoms with van der Waals surface area (Å²) in [5.41, 5.74) is 0.743. The molecule has 1 aliphatic rings. The number of nitrogens with zero attached hydrogens (tertiary/aromatic N) is 4.